The van der Waals surface area contributed by atoms with E-state index in [2.05, 4.69) is 9.97 Å². The predicted molar refractivity (Wildman–Crippen MR) is 71.7 cm³/mol. The second-order valence-electron chi connectivity index (χ2n) is 3.84. The summed E-state index contributed by atoms with van der Waals surface area (Å²) in [6.45, 7) is 1.82. The number of carboxylic acid groups (broad SMARTS) is 1. The van der Waals surface area contributed by atoms with Gasteiger partial charge in [-0.3, -0.25) is 4.79 Å². The maximum atomic E-state index is 10.5. The normalized spacial score (nSPS) is 10.7. The summed E-state index contributed by atoms with van der Waals surface area (Å²) in [7, 11) is 0. The number of aromatic nitrogens is 2. The Balaban J connectivity index is 2.35. The van der Waals surface area contributed by atoms with Crippen LogP contribution in [-0.4, -0.2) is 26.8 Å². The number of fused-ring (bicyclic) bond motifs is 1. The molecule has 0 saturated carbocycles. The molecule has 0 spiro atoms. The Morgan fingerprint density at radius 3 is 2.94 bits per heavy atom. The highest BCUT2D eigenvalue weighted by atomic mass is 32.2. The van der Waals surface area contributed by atoms with Gasteiger partial charge in [-0.2, -0.15) is 0 Å². The molecule has 0 fully saturated rings. The Morgan fingerprint density at radius 1 is 1.44 bits per heavy atom. The van der Waals surface area contributed by atoms with Crippen molar-refractivity contribution in [2.24, 2.45) is 0 Å². The molecule has 0 aliphatic heterocycles. The first kappa shape index (κ1) is 12.6. The number of hydrogen-bond donors (Lipinski definition) is 2. The zero-order valence-electron chi connectivity index (χ0n) is 9.88. The molecule has 1 heterocycles. The fourth-order valence-corrected chi connectivity index (χ4v) is 2.56. The molecule has 0 atom stereocenters. The van der Waals surface area contributed by atoms with Crippen LogP contribution < -0.4 is 5.73 Å². The van der Waals surface area contributed by atoms with Crippen molar-refractivity contribution in [1.29, 1.82) is 0 Å². The SMILES string of the molecule is Cc1nc(SCCC(=O)O)c2cc(N)ccc2n1. The quantitative estimate of drug-likeness (QED) is 0.499. The van der Waals surface area contributed by atoms with E-state index in [1.807, 2.05) is 19.1 Å². The summed E-state index contributed by atoms with van der Waals surface area (Å²) in [5, 5.41) is 10.3. The van der Waals surface area contributed by atoms with Gasteiger partial charge in [-0.25, -0.2) is 9.97 Å². The Labute approximate surface area is 108 Å². The minimum absolute atomic E-state index is 0.109. The average molecular weight is 263 g/mol. The molecule has 18 heavy (non-hydrogen) atoms. The summed E-state index contributed by atoms with van der Waals surface area (Å²) in [5.74, 6) is 0.345. The van der Waals surface area contributed by atoms with Crippen LogP contribution in [0.3, 0.4) is 0 Å². The standard InChI is InChI=1S/C12H13N3O2S/c1-7-14-10-3-2-8(13)6-9(10)12(15-7)18-5-4-11(16)17/h2-3,6H,4-5,13H2,1H3,(H,16,17). The monoisotopic (exact) mass is 263 g/mol. The third-order valence-corrected chi connectivity index (χ3v) is 3.34. The number of aryl methyl sites for hydroxylation is 1. The molecule has 0 unspecified atom stereocenters. The van der Waals surface area contributed by atoms with Crippen LogP contribution in [0.1, 0.15) is 12.2 Å². The van der Waals surface area contributed by atoms with E-state index in [0.29, 0.717) is 17.3 Å². The van der Waals surface area contributed by atoms with E-state index in [1.54, 1.807) is 6.07 Å². The van der Waals surface area contributed by atoms with Gasteiger partial charge in [0.2, 0.25) is 0 Å². The summed E-state index contributed by atoms with van der Waals surface area (Å²) in [4.78, 5) is 19.2. The Bertz CT molecular complexity index is 601. The fourth-order valence-electron chi connectivity index (χ4n) is 1.57. The molecule has 6 heteroatoms. The van der Waals surface area contributed by atoms with Crippen molar-refractivity contribution in [3.05, 3.63) is 24.0 Å². The number of carbonyl (C=O) groups is 1. The summed E-state index contributed by atoms with van der Waals surface area (Å²) >= 11 is 1.41. The fraction of sp³-hybridized carbons (Fsp3) is 0.250. The van der Waals surface area contributed by atoms with Gasteiger partial charge >= 0.3 is 5.97 Å². The van der Waals surface area contributed by atoms with Crippen molar-refractivity contribution in [1.82, 2.24) is 9.97 Å². The lowest BCUT2D eigenvalue weighted by atomic mass is 10.2. The molecule has 2 aromatic rings. The number of rotatable bonds is 4. The minimum Gasteiger partial charge on any atom is -0.481 e. The largest absolute Gasteiger partial charge is 0.481 e. The molecule has 94 valence electrons. The van der Waals surface area contributed by atoms with Crippen molar-refractivity contribution in [3.8, 4) is 0 Å². The van der Waals surface area contributed by atoms with Crippen LogP contribution in [0, 0.1) is 6.92 Å². The average Bonchev–Trinajstić information content (AvgIpc) is 2.29. The number of thioether (sulfide) groups is 1. The van der Waals surface area contributed by atoms with Gasteiger partial charge in [0.1, 0.15) is 10.9 Å². The number of nitrogens with two attached hydrogens (primary N) is 1. The zero-order valence-corrected chi connectivity index (χ0v) is 10.7. The summed E-state index contributed by atoms with van der Waals surface area (Å²) in [6.07, 6.45) is 0.109. The van der Waals surface area contributed by atoms with Crippen LogP contribution in [0.25, 0.3) is 10.9 Å². The van der Waals surface area contributed by atoms with Gasteiger partial charge in [0.15, 0.2) is 0 Å². The smallest absolute Gasteiger partial charge is 0.304 e. The second-order valence-corrected chi connectivity index (χ2v) is 4.93. The van der Waals surface area contributed by atoms with E-state index in [0.717, 1.165) is 15.9 Å². The van der Waals surface area contributed by atoms with Crippen molar-refractivity contribution in [2.45, 2.75) is 18.4 Å². The third-order valence-electron chi connectivity index (χ3n) is 2.35. The molecule has 3 N–H and O–H groups in total. The summed E-state index contributed by atoms with van der Waals surface area (Å²) in [6, 6.07) is 5.46. The van der Waals surface area contributed by atoms with Gasteiger partial charge in [0.25, 0.3) is 0 Å². The van der Waals surface area contributed by atoms with Crippen molar-refractivity contribution in [2.75, 3.05) is 11.5 Å². The van der Waals surface area contributed by atoms with Gasteiger partial charge in [-0.15, -0.1) is 11.8 Å². The van der Waals surface area contributed by atoms with Gasteiger partial charge in [-0.05, 0) is 25.1 Å². The van der Waals surface area contributed by atoms with Gasteiger partial charge in [-0.1, -0.05) is 0 Å². The van der Waals surface area contributed by atoms with Crippen LogP contribution in [0.15, 0.2) is 23.2 Å². The van der Waals surface area contributed by atoms with E-state index >= 15 is 0 Å². The van der Waals surface area contributed by atoms with Crippen molar-refractivity contribution >= 4 is 34.3 Å². The maximum Gasteiger partial charge on any atom is 0.304 e. The number of hydrogen-bond acceptors (Lipinski definition) is 5. The number of benzene rings is 1. The van der Waals surface area contributed by atoms with Crippen LogP contribution >= 0.6 is 11.8 Å². The van der Waals surface area contributed by atoms with Crippen LogP contribution in [0.2, 0.25) is 0 Å². The molecule has 1 aromatic heterocycles. The lowest BCUT2D eigenvalue weighted by Crippen LogP contribution is -1.98. The zero-order chi connectivity index (χ0) is 13.1. The Hall–Kier alpha value is -1.82. The highest BCUT2D eigenvalue weighted by molar-refractivity contribution is 7.99. The minimum atomic E-state index is -0.808. The van der Waals surface area contributed by atoms with Gasteiger partial charge in [0.05, 0.1) is 11.9 Å². The van der Waals surface area contributed by atoms with E-state index < -0.39 is 5.97 Å². The third kappa shape index (κ3) is 2.89. The summed E-state index contributed by atoms with van der Waals surface area (Å²) < 4.78 is 0. The first-order valence-corrected chi connectivity index (χ1v) is 6.43. The van der Waals surface area contributed by atoms with E-state index in [-0.39, 0.29) is 6.42 Å². The molecule has 0 saturated heterocycles. The highest BCUT2D eigenvalue weighted by Crippen LogP contribution is 2.27. The first-order chi connectivity index (χ1) is 8.56. The van der Waals surface area contributed by atoms with Gasteiger partial charge < -0.3 is 10.8 Å². The van der Waals surface area contributed by atoms with Crippen LogP contribution in [0.5, 0.6) is 0 Å². The lowest BCUT2D eigenvalue weighted by molar-refractivity contribution is -0.136. The second kappa shape index (κ2) is 5.22. The van der Waals surface area contributed by atoms with E-state index in [4.69, 9.17) is 10.8 Å². The highest BCUT2D eigenvalue weighted by Gasteiger charge is 2.08. The van der Waals surface area contributed by atoms with Crippen LogP contribution in [0.4, 0.5) is 5.69 Å². The molecule has 0 bridgehead atoms. The number of nitrogen functional groups attached to an aromatic ring is 1. The molecule has 0 aliphatic rings. The van der Waals surface area contributed by atoms with Crippen molar-refractivity contribution < 1.29 is 9.90 Å². The van der Waals surface area contributed by atoms with E-state index in [1.165, 1.54) is 11.8 Å². The topological polar surface area (TPSA) is 89.1 Å². The number of nitrogens with zero attached hydrogens (tertiary/aromatic N) is 2. The first-order valence-electron chi connectivity index (χ1n) is 5.45. The Kier molecular flexibility index (Phi) is 3.66. The molecule has 2 rings (SSSR count). The maximum absolute atomic E-state index is 10.5. The molecular weight excluding hydrogens is 250 g/mol. The molecule has 0 radical (unpaired) electrons. The summed E-state index contributed by atoms with van der Waals surface area (Å²) in [5.41, 5.74) is 7.23. The molecular formula is C12H13N3O2S. The van der Waals surface area contributed by atoms with Crippen molar-refractivity contribution in [3.63, 3.8) is 0 Å². The molecule has 1 aromatic carbocycles. The van der Waals surface area contributed by atoms with Gasteiger partial charge in [0, 0.05) is 16.8 Å². The molecule has 0 amide bonds. The molecule has 5 nitrogen and oxygen atoms in total. The van der Waals surface area contributed by atoms with Crippen LogP contribution in [-0.2, 0) is 4.79 Å². The molecule has 0 aliphatic carbocycles. The lowest BCUT2D eigenvalue weighted by Gasteiger charge is -2.06. The van der Waals surface area contributed by atoms with E-state index in [9.17, 15) is 4.79 Å². The Morgan fingerprint density at radius 2 is 2.22 bits per heavy atom. The number of aliphatic carboxylic acids is 1. The number of carboxylic acids is 1. The predicted octanol–water partition coefficient (Wildman–Crippen LogP) is 2.09. The number of anilines is 1.